The Bertz CT molecular complexity index is 900. The molecule has 0 aromatic rings. The molecule has 216 valence electrons. The molecular weight excluding hydrogens is 512 g/mol. The van der Waals surface area contributed by atoms with Crippen LogP contribution in [0.1, 0.15) is 55.4 Å². The smallest absolute Gasteiger partial charge is 0.408 e. The predicted octanol–water partition coefficient (Wildman–Crippen LogP) is 0.0255. The SMILES string of the molecule is CC(=O)NC1[C@H](O[C@H](C)[C@H](NC(=O)OC(C)(C)C)C(=O)O)OC(COC(C)=O)[C@H](OC(C)=O)[C@@H]1OC(C)=O. The molecule has 1 heterocycles. The molecule has 1 aliphatic heterocycles. The van der Waals surface area contributed by atoms with Gasteiger partial charge in [-0.25, -0.2) is 9.59 Å². The van der Waals surface area contributed by atoms with Crippen molar-refractivity contribution in [1.29, 1.82) is 0 Å². The highest BCUT2D eigenvalue weighted by molar-refractivity contribution is 5.80. The lowest BCUT2D eigenvalue weighted by Gasteiger charge is -2.45. The Hall–Kier alpha value is -3.46. The van der Waals surface area contributed by atoms with Gasteiger partial charge in [0, 0.05) is 27.7 Å². The number of carboxylic acids is 1. The minimum absolute atomic E-state index is 0.468. The van der Waals surface area contributed by atoms with Crippen LogP contribution in [0.5, 0.6) is 0 Å². The maximum Gasteiger partial charge on any atom is 0.408 e. The van der Waals surface area contributed by atoms with Gasteiger partial charge in [0.1, 0.15) is 24.4 Å². The minimum Gasteiger partial charge on any atom is -0.480 e. The number of nitrogens with one attached hydrogen (secondary N) is 2. The molecule has 0 bridgehead atoms. The van der Waals surface area contributed by atoms with Gasteiger partial charge < -0.3 is 44.2 Å². The normalized spacial score (nSPS) is 24.7. The maximum atomic E-state index is 12.2. The molecule has 1 rings (SSSR count). The summed E-state index contributed by atoms with van der Waals surface area (Å²) in [6.45, 7) is 10.1. The molecule has 7 atom stereocenters. The zero-order valence-electron chi connectivity index (χ0n) is 22.6. The number of esters is 3. The van der Waals surface area contributed by atoms with Crippen LogP contribution in [0.25, 0.3) is 0 Å². The van der Waals surface area contributed by atoms with Gasteiger partial charge in [0.15, 0.2) is 24.5 Å². The van der Waals surface area contributed by atoms with Gasteiger partial charge in [0.25, 0.3) is 0 Å². The summed E-state index contributed by atoms with van der Waals surface area (Å²) in [5, 5.41) is 14.4. The number of rotatable bonds is 10. The van der Waals surface area contributed by atoms with E-state index in [0.717, 1.165) is 27.7 Å². The first-order chi connectivity index (χ1) is 17.4. The number of aliphatic carboxylic acids is 1. The molecule has 0 saturated carbocycles. The fourth-order valence-electron chi connectivity index (χ4n) is 3.51. The number of hydrogen-bond acceptors (Lipinski definition) is 12. The van der Waals surface area contributed by atoms with Crippen LogP contribution in [-0.2, 0) is 52.4 Å². The highest BCUT2D eigenvalue weighted by atomic mass is 16.7. The van der Waals surface area contributed by atoms with Crippen molar-refractivity contribution in [2.75, 3.05) is 6.61 Å². The molecule has 0 aromatic carbocycles. The second-order valence-electron chi connectivity index (χ2n) is 9.52. The van der Waals surface area contributed by atoms with Crippen molar-refractivity contribution in [2.45, 2.75) is 104 Å². The standard InChI is InChI=1S/C23H36N2O13/c1-10(16(20(30)31)25-22(32)38-23(6,7)8)34-21-17(24-11(2)26)19(36-14(5)29)18(35-13(4)28)15(37-21)9-33-12(3)27/h10,15-19,21H,9H2,1-8H3,(H,24,26)(H,25,32)(H,30,31)/t10-,15?,16+,17?,18+,19-,21-/m1/s1. The number of alkyl carbamates (subject to hydrolysis) is 1. The van der Waals surface area contributed by atoms with E-state index < -0.39 is 90.9 Å². The van der Waals surface area contributed by atoms with Crippen LogP contribution in [0, 0.1) is 0 Å². The minimum atomic E-state index is -1.64. The van der Waals surface area contributed by atoms with Crippen molar-refractivity contribution in [2.24, 2.45) is 0 Å². The first-order valence-corrected chi connectivity index (χ1v) is 11.7. The summed E-state index contributed by atoms with van der Waals surface area (Å²) in [7, 11) is 0. The topological polar surface area (TPSA) is 202 Å². The Kier molecular flexibility index (Phi) is 11.9. The van der Waals surface area contributed by atoms with Crippen molar-refractivity contribution < 1.29 is 62.3 Å². The summed E-state index contributed by atoms with van der Waals surface area (Å²) in [5.41, 5.74) is -0.910. The molecule has 1 saturated heterocycles. The van der Waals surface area contributed by atoms with E-state index in [4.69, 9.17) is 28.4 Å². The molecule has 1 fully saturated rings. The van der Waals surface area contributed by atoms with E-state index in [9.17, 15) is 33.9 Å². The molecule has 15 nitrogen and oxygen atoms in total. The van der Waals surface area contributed by atoms with Crippen LogP contribution >= 0.6 is 0 Å². The summed E-state index contributed by atoms with van der Waals surface area (Å²) in [5.74, 6) is -4.37. The lowest BCUT2D eigenvalue weighted by molar-refractivity contribution is -0.287. The summed E-state index contributed by atoms with van der Waals surface area (Å²) in [4.78, 5) is 71.3. The van der Waals surface area contributed by atoms with Crippen molar-refractivity contribution in [1.82, 2.24) is 10.6 Å². The third-order valence-electron chi connectivity index (χ3n) is 4.83. The Morgan fingerprint density at radius 1 is 0.921 bits per heavy atom. The van der Waals surface area contributed by atoms with Gasteiger partial charge in [0.2, 0.25) is 5.91 Å². The van der Waals surface area contributed by atoms with Crippen molar-refractivity contribution in [3.8, 4) is 0 Å². The molecule has 3 N–H and O–H groups in total. The molecule has 0 aliphatic carbocycles. The third-order valence-corrected chi connectivity index (χ3v) is 4.83. The number of hydrogen-bond donors (Lipinski definition) is 3. The largest absolute Gasteiger partial charge is 0.480 e. The van der Waals surface area contributed by atoms with Crippen molar-refractivity contribution in [3.63, 3.8) is 0 Å². The molecule has 1 aliphatic rings. The summed E-state index contributed by atoms with van der Waals surface area (Å²) < 4.78 is 32.4. The Morgan fingerprint density at radius 3 is 1.92 bits per heavy atom. The van der Waals surface area contributed by atoms with Crippen LogP contribution in [0.15, 0.2) is 0 Å². The van der Waals surface area contributed by atoms with E-state index in [1.54, 1.807) is 20.8 Å². The van der Waals surface area contributed by atoms with E-state index in [1.165, 1.54) is 6.92 Å². The van der Waals surface area contributed by atoms with Gasteiger partial charge in [-0.3, -0.25) is 19.2 Å². The lowest BCUT2D eigenvalue weighted by atomic mass is 9.95. The second-order valence-corrected chi connectivity index (χ2v) is 9.52. The molecule has 0 aromatic heterocycles. The fraction of sp³-hybridized carbons (Fsp3) is 0.739. The monoisotopic (exact) mass is 548 g/mol. The van der Waals surface area contributed by atoms with E-state index >= 15 is 0 Å². The first-order valence-electron chi connectivity index (χ1n) is 11.7. The molecule has 38 heavy (non-hydrogen) atoms. The highest BCUT2D eigenvalue weighted by Gasteiger charge is 2.52. The lowest BCUT2D eigenvalue weighted by Crippen LogP contribution is -2.67. The second kappa shape index (κ2) is 13.9. The van der Waals surface area contributed by atoms with E-state index in [-0.39, 0.29) is 0 Å². The highest BCUT2D eigenvalue weighted by Crippen LogP contribution is 2.29. The molecule has 2 amide bonds. The number of ether oxygens (including phenoxy) is 6. The van der Waals surface area contributed by atoms with Crippen LogP contribution in [0.4, 0.5) is 4.79 Å². The van der Waals surface area contributed by atoms with Gasteiger partial charge >= 0.3 is 30.0 Å². The first kappa shape index (κ1) is 32.6. The predicted molar refractivity (Wildman–Crippen MR) is 125 cm³/mol. The zero-order chi connectivity index (χ0) is 29.4. The molecule has 0 spiro atoms. The van der Waals surface area contributed by atoms with Crippen LogP contribution < -0.4 is 10.6 Å². The third kappa shape index (κ3) is 10.9. The van der Waals surface area contributed by atoms with Crippen LogP contribution in [-0.4, -0.2) is 96.0 Å². The van der Waals surface area contributed by atoms with Crippen molar-refractivity contribution in [3.05, 3.63) is 0 Å². The zero-order valence-corrected chi connectivity index (χ0v) is 22.6. The molecule has 15 heteroatoms. The summed E-state index contributed by atoms with van der Waals surface area (Å²) >= 11 is 0. The molecular formula is C23H36N2O13. The van der Waals surface area contributed by atoms with Gasteiger partial charge in [-0.2, -0.15) is 0 Å². The number of carbonyl (C=O) groups excluding carboxylic acids is 5. The van der Waals surface area contributed by atoms with E-state index in [2.05, 4.69) is 10.6 Å². The molecule has 0 radical (unpaired) electrons. The quantitative estimate of drug-likeness (QED) is 0.244. The van der Waals surface area contributed by atoms with Crippen LogP contribution in [0.2, 0.25) is 0 Å². The van der Waals surface area contributed by atoms with Gasteiger partial charge in [-0.1, -0.05) is 0 Å². The maximum absolute atomic E-state index is 12.2. The Balaban J connectivity index is 3.38. The summed E-state index contributed by atoms with van der Waals surface area (Å²) in [6.07, 6.45) is -7.85. The molecule has 2 unspecified atom stereocenters. The van der Waals surface area contributed by atoms with Crippen LogP contribution in [0.3, 0.4) is 0 Å². The van der Waals surface area contributed by atoms with E-state index in [1.807, 2.05) is 0 Å². The number of carbonyl (C=O) groups is 6. The summed E-state index contributed by atoms with van der Waals surface area (Å²) in [6, 6.07) is -2.95. The van der Waals surface area contributed by atoms with Gasteiger partial charge in [-0.05, 0) is 27.7 Å². The van der Waals surface area contributed by atoms with Gasteiger partial charge in [0.05, 0.1) is 6.10 Å². The average molecular weight is 549 g/mol. The van der Waals surface area contributed by atoms with E-state index in [0.29, 0.717) is 0 Å². The Labute approximate surface area is 219 Å². The fourth-order valence-corrected chi connectivity index (χ4v) is 3.51. The van der Waals surface area contributed by atoms with Gasteiger partial charge in [-0.15, -0.1) is 0 Å². The Morgan fingerprint density at radius 2 is 1.47 bits per heavy atom. The number of amides is 2. The van der Waals surface area contributed by atoms with Crippen molar-refractivity contribution >= 4 is 35.9 Å². The average Bonchev–Trinajstić information content (AvgIpc) is 2.72. The number of carboxylic acid groups (broad SMARTS) is 1.